The van der Waals surface area contributed by atoms with Crippen molar-refractivity contribution in [3.05, 3.63) is 11.7 Å². The summed E-state index contributed by atoms with van der Waals surface area (Å²) in [6.07, 6.45) is 3.74. The molecule has 0 radical (unpaired) electrons. The van der Waals surface area contributed by atoms with Crippen molar-refractivity contribution in [3.8, 4) is 0 Å². The average molecular weight is 283 g/mol. The van der Waals surface area contributed by atoms with Gasteiger partial charge in [-0.25, -0.2) is 0 Å². The molecule has 1 amide bonds. The number of aryl methyl sites for hydroxylation is 1. The van der Waals surface area contributed by atoms with Gasteiger partial charge in [0.15, 0.2) is 5.82 Å². The van der Waals surface area contributed by atoms with Crippen LogP contribution in [0.15, 0.2) is 4.52 Å². The molecule has 0 atom stereocenters. The van der Waals surface area contributed by atoms with Crippen molar-refractivity contribution < 1.29 is 18.8 Å². The van der Waals surface area contributed by atoms with E-state index in [2.05, 4.69) is 15.5 Å². The molecule has 0 unspecified atom stereocenters. The third-order valence-electron chi connectivity index (χ3n) is 3.46. The molecule has 1 saturated carbocycles. The first-order chi connectivity index (χ1) is 9.66. The lowest BCUT2D eigenvalue weighted by atomic mass is 9.96. The van der Waals surface area contributed by atoms with Crippen LogP contribution in [0.5, 0.6) is 0 Å². The van der Waals surface area contributed by atoms with Gasteiger partial charge in [-0.1, -0.05) is 18.0 Å². The third kappa shape index (κ3) is 3.55. The zero-order valence-electron chi connectivity index (χ0n) is 12.0. The number of amides is 1. The summed E-state index contributed by atoms with van der Waals surface area (Å²) in [5, 5.41) is 6.98. The monoisotopic (exact) mass is 283 g/mol. The number of hydrogen-bond acceptors (Lipinski definition) is 6. The Hall–Kier alpha value is -1.47. The number of nitrogens with one attached hydrogen (secondary N) is 1. The highest BCUT2D eigenvalue weighted by Gasteiger charge is 2.41. The molecule has 1 heterocycles. The van der Waals surface area contributed by atoms with Crippen LogP contribution in [0.3, 0.4) is 0 Å². The number of ether oxygens (including phenoxy) is 2. The SMILES string of the molecule is COCCOCC(=O)NC1(c2noc(C)n2)CCCC1. The fourth-order valence-corrected chi connectivity index (χ4v) is 2.49. The fourth-order valence-electron chi connectivity index (χ4n) is 2.49. The summed E-state index contributed by atoms with van der Waals surface area (Å²) in [5.41, 5.74) is -0.501. The van der Waals surface area contributed by atoms with E-state index in [9.17, 15) is 4.79 Å². The van der Waals surface area contributed by atoms with Crippen molar-refractivity contribution in [2.75, 3.05) is 26.9 Å². The molecule has 0 aromatic carbocycles. The number of aromatic nitrogens is 2. The van der Waals surface area contributed by atoms with E-state index in [4.69, 9.17) is 14.0 Å². The molecule has 2 rings (SSSR count). The Kier molecular flexibility index (Phi) is 5.08. The van der Waals surface area contributed by atoms with Crippen LogP contribution in [0, 0.1) is 6.92 Å². The molecule has 1 aromatic heterocycles. The van der Waals surface area contributed by atoms with Crippen LogP contribution in [0.2, 0.25) is 0 Å². The highest BCUT2D eigenvalue weighted by Crippen LogP contribution is 2.37. The summed E-state index contributed by atoms with van der Waals surface area (Å²) < 4.78 is 15.1. The lowest BCUT2D eigenvalue weighted by Crippen LogP contribution is -2.46. The maximum absolute atomic E-state index is 12.0. The van der Waals surface area contributed by atoms with E-state index in [0.717, 1.165) is 25.7 Å². The van der Waals surface area contributed by atoms with E-state index in [1.807, 2.05) is 0 Å². The summed E-state index contributed by atoms with van der Waals surface area (Å²) >= 11 is 0. The number of carbonyl (C=O) groups is 1. The van der Waals surface area contributed by atoms with E-state index in [-0.39, 0.29) is 12.5 Å². The van der Waals surface area contributed by atoms with Gasteiger partial charge in [-0.3, -0.25) is 4.79 Å². The molecule has 20 heavy (non-hydrogen) atoms. The van der Waals surface area contributed by atoms with Crippen molar-refractivity contribution in [1.82, 2.24) is 15.5 Å². The Balaban J connectivity index is 1.94. The largest absolute Gasteiger partial charge is 0.382 e. The summed E-state index contributed by atoms with van der Waals surface area (Å²) in [7, 11) is 1.59. The Bertz CT molecular complexity index is 441. The molecule has 1 N–H and O–H groups in total. The van der Waals surface area contributed by atoms with Crippen molar-refractivity contribution >= 4 is 5.91 Å². The molecule has 1 aromatic rings. The van der Waals surface area contributed by atoms with Gasteiger partial charge < -0.3 is 19.3 Å². The van der Waals surface area contributed by atoms with E-state index in [1.165, 1.54) is 0 Å². The zero-order valence-corrected chi connectivity index (χ0v) is 12.0. The van der Waals surface area contributed by atoms with E-state index in [1.54, 1.807) is 14.0 Å². The van der Waals surface area contributed by atoms with Crippen molar-refractivity contribution in [2.24, 2.45) is 0 Å². The van der Waals surface area contributed by atoms with Crippen LogP contribution < -0.4 is 5.32 Å². The molecule has 7 nitrogen and oxygen atoms in total. The first-order valence-electron chi connectivity index (χ1n) is 6.85. The second kappa shape index (κ2) is 6.81. The maximum Gasteiger partial charge on any atom is 0.246 e. The lowest BCUT2D eigenvalue weighted by molar-refractivity contribution is -0.128. The normalized spacial score (nSPS) is 17.3. The first kappa shape index (κ1) is 14.9. The smallest absolute Gasteiger partial charge is 0.246 e. The Morgan fingerprint density at radius 3 is 2.75 bits per heavy atom. The predicted octanol–water partition coefficient (Wildman–Crippen LogP) is 0.927. The molecule has 0 spiro atoms. The van der Waals surface area contributed by atoms with Crippen molar-refractivity contribution in [3.63, 3.8) is 0 Å². The van der Waals surface area contributed by atoms with Gasteiger partial charge in [0.05, 0.1) is 13.2 Å². The molecular formula is C13H21N3O4. The highest BCUT2D eigenvalue weighted by atomic mass is 16.5. The van der Waals surface area contributed by atoms with Gasteiger partial charge >= 0.3 is 0 Å². The van der Waals surface area contributed by atoms with Gasteiger partial charge in [0.25, 0.3) is 0 Å². The van der Waals surface area contributed by atoms with Crippen molar-refractivity contribution in [2.45, 2.75) is 38.1 Å². The minimum absolute atomic E-state index is 0.0158. The predicted molar refractivity (Wildman–Crippen MR) is 70.0 cm³/mol. The van der Waals surface area contributed by atoms with Crippen LogP contribution in [0.4, 0.5) is 0 Å². The number of hydrogen-bond donors (Lipinski definition) is 1. The van der Waals surface area contributed by atoms with E-state index >= 15 is 0 Å². The van der Waals surface area contributed by atoms with Crippen LogP contribution in [0.25, 0.3) is 0 Å². The molecule has 1 aliphatic rings. The standard InChI is InChI=1S/C13H21N3O4/c1-10-14-12(16-20-10)13(5-3-4-6-13)15-11(17)9-19-8-7-18-2/h3-9H2,1-2H3,(H,15,17). The van der Waals surface area contributed by atoms with Gasteiger partial charge in [0, 0.05) is 14.0 Å². The van der Waals surface area contributed by atoms with Gasteiger partial charge in [-0.05, 0) is 12.8 Å². The second-order valence-electron chi connectivity index (χ2n) is 5.02. The van der Waals surface area contributed by atoms with E-state index in [0.29, 0.717) is 24.9 Å². The minimum atomic E-state index is -0.501. The van der Waals surface area contributed by atoms with Gasteiger partial charge in [-0.15, -0.1) is 0 Å². The molecule has 0 saturated heterocycles. The number of carbonyl (C=O) groups excluding carboxylic acids is 1. The Morgan fingerprint density at radius 2 is 2.15 bits per heavy atom. The fraction of sp³-hybridized carbons (Fsp3) is 0.769. The topological polar surface area (TPSA) is 86.5 Å². The van der Waals surface area contributed by atoms with Crippen LogP contribution in [-0.4, -0.2) is 43.0 Å². The Labute approximate surface area is 118 Å². The zero-order chi connectivity index (χ0) is 14.4. The average Bonchev–Trinajstić information content (AvgIpc) is 3.05. The maximum atomic E-state index is 12.0. The lowest BCUT2D eigenvalue weighted by Gasteiger charge is -2.26. The third-order valence-corrected chi connectivity index (χ3v) is 3.46. The first-order valence-corrected chi connectivity index (χ1v) is 6.85. The summed E-state index contributed by atoms with van der Waals surface area (Å²) in [4.78, 5) is 16.3. The van der Waals surface area contributed by atoms with Gasteiger partial charge in [0.1, 0.15) is 12.1 Å². The molecule has 0 bridgehead atoms. The van der Waals surface area contributed by atoms with Gasteiger partial charge in [0.2, 0.25) is 11.8 Å². The molecule has 7 heteroatoms. The number of rotatable bonds is 7. The van der Waals surface area contributed by atoms with Crippen LogP contribution >= 0.6 is 0 Å². The molecule has 0 aliphatic heterocycles. The summed E-state index contributed by atoms with van der Waals surface area (Å²) in [6, 6.07) is 0. The number of nitrogens with zero attached hydrogens (tertiary/aromatic N) is 2. The van der Waals surface area contributed by atoms with Gasteiger partial charge in [-0.2, -0.15) is 4.98 Å². The van der Waals surface area contributed by atoms with Crippen molar-refractivity contribution in [1.29, 1.82) is 0 Å². The Morgan fingerprint density at radius 1 is 1.40 bits per heavy atom. The molecule has 112 valence electrons. The van der Waals surface area contributed by atoms with E-state index < -0.39 is 5.54 Å². The van der Waals surface area contributed by atoms with Crippen LogP contribution in [0.1, 0.15) is 37.4 Å². The van der Waals surface area contributed by atoms with Crippen LogP contribution in [-0.2, 0) is 19.8 Å². The summed E-state index contributed by atoms with van der Waals surface area (Å²) in [6.45, 7) is 2.64. The molecular weight excluding hydrogens is 262 g/mol. The summed E-state index contributed by atoms with van der Waals surface area (Å²) in [5.74, 6) is 0.917. The minimum Gasteiger partial charge on any atom is -0.382 e. The second-order valence-corrected chi connectivity index (χ2v) is 5.02. The molecule has 1 fully saturated rings. The quantitative estimate of drug-likeness (QED) is 0.749. The highest BCUT2D eigenvalue weighted by molar-refractivity contribution is 5.78. The molecule has 1 aliphatic carbocycles. The number of methoxy groups -OCH3 is 1.